The summed E-state index contributed by atoms with van der Waals surface area (Å²) in [7, 11) is 2.92. The normalized spacial score (nSPS) is 10.9. The summed E-state index contributed by atoms with van der Waals surface area (Å²) in [6.07, 6.45) is 1.46. The Balaban J connectivity index is 2.30. The maximum Gasteiger partial charge on any atom is 0.332 e. The standard InChI is InChI=1S/C15H13FN4O2/c1-19-13-12(14(21)20(2)15(19)22)11(7-8-17-13)18-10-6-4-3-5-9(10)16/h3-8H,1-2H3,(H,17,18). The number of rotatable bonds is 2. The maximum absolute atomic E-state index is 13.8. The van der Waals surface area contributed by atoms with Gasteiger partial charge in [0, 0.05) is 20.3 Å². The lowest BCUT2D eigenvalue weighted by Gasteiger charge is -2.12. The van der Waals surface area contributed by atoms with Gasteiger partial charge in [-0.15, -0.1) is 0 Å². The first kappa shape index (κ1) is 14.0. The third-order valence-corrected chi connectivity index (χ3v) is 3.48. The first-order valence-electron chi connectivity index (χ1n) is 6.57. The number of benzene rings is 1. The number of para-hydroxylation sites is 1. The fourth-order valence-corrected chi connectivity index (χ4v) is 2.30. The Morgan fingerprint density at radius 3 is 2.50 bits per heavy atom. The molecular formula is C15H13FN4O2. The zero-order valence-electron chi connectivity index (χ0n) is 12.0. The largest absolute Gasteiger partial charge is 0.352 e. The minimum absolute atomic E-state index is 0.232. The molecule has 0 spiro atoms. The second-order valence-electron chi connectivity index (χ2n) is 4.87. The van der Waals surface area contributed by atoms with Gasteiger partial charge in [0.2, 0.25) is 0 Å². The molecule has 6 nitrogen and oxygen atoms in total. The lowest BCUT2D eigenvalue weighted by atomic mass is 10.2. The number of nitrogens with one attached hydrogen (secondary N) is 1. The van der Waals surface area contributed by atoms with Crippen LogP contribution < -0.4 is 16.6 Å². The fraction of sp³-hybridized carbons (Fsp3) is 0.133. The molecular weight excluding hydrogens is 287 g/mol. The summed E-state index contributed by atoms with van der Waals surface area (Å²) in [5.41, 5.74) is -0.0651. The fourth-order valence-electron chi connectivity index (χ4n) is 2.30. The zero-order chi connectivity index (χ0) is 15.9. The number of nitrogens with zero attached hydrogens (tertiary/aromatic N) is 3. The number of pyridine rings is 1. The number of halogens is 1. The van der Waals surface area contributed by atoms with Gasteiger partial charge in [-0.2, -0.15) is 0 Å². The van der Waals surface area contributed by atoms with Crippen LogP contribution in [0.3, 0.4) is 0 Å². The van der Waals surface area contributed by atoms with Crippen LogP contribution in [-0.2, 0) is 14.1 Å². The molecule has 3 aromatic rings. The highest BCUT2D eigenvalue weighted by atomic mass is 19.1. The molecule has 0 radical (unpaired) electrons. The molecule has 1 aromatic carbocycles. The minimum Gasteiger partial charge on any atom is -0.352 e. The van der Waals surface area contributed by atoms with Crippen LogP contribution in [0.25, 0.3) is 11.0 Å². The Kier molecular flexibility index (Phi) is 3.25. The SMILES string of the molecule is Cn1c(=O)c2c(Nc3ccccc3F)ccnc2n(C)c1=O. The predicted octanol–water partition coefficient (Wildman–Crippen LogP) is 1.51. The Bertz CT molecular complexity index is 991. The van der Waals surface area contributed by atoms with Gasteiger partial charge in [-0.3, -0.25) is 13.9 Å². The summed E-state index contributed by atoms with van der Waals surface area (Å²) >= 11 is 0. The van der Waals surface area contributed by atoms with E-state index in [1.807, 2.05) is 0 Å². The molecule has 0 unspecified atom stereocenters. The Labute approximate surface area is 124 Å². The molecule has 0 aliphatic carbocycles. The van der Waals surface area contributed by atoms with E-state index in [1.54, 1.807) is 24.3 Å². The van der Waals surface area contributed by atoms with Crippen molar-refractivity contribution in [2.24, 2.45) is 14.1 Å². The van der Waals surface area contributed by atoms with Crippen molar-refractivity contribution in [2.75, 3.05) is 5.32 Å². The van der Waals surface area contributed by atoms with E-state index in [0.717, 1.165) is 4.57 Å². The molecule has 3 rings (SSSR count). The van der Waals surface area contributed by atoms with Crippen LogP contribution in [0.4, 0.5) is 15.8 Å². The number of hydrogen-bond donors (Lipinski definition) is 1. The van der Waals surface area contributed by atoms with E-state index in [9.17, 15) is 14.0 Å². The van der Waals surface area contributed by atoms with Gasteiger partial charge >= 0.3 is 5.69 Å². The zero-order valence-corrected chi connectivity index (χ0v) is 12.0. The third kappa shape index (κ3) is 2.07. The molecule has 2 aromatic heterocycles. The van der Waals surface area contributed by atoms with E-state index in [0.29, 0.717) is 5.69 Å². The number of hydrogen-bond acceptors (Lipinski definition) is 4. The summed E-state index contributed by atoms with van der Waals surface area (Å²) in [6, 6.07) is 7.71. The number of aryl methyl sites for hydroxylation is 1. The van der Waals surface area contributed by atoms with Crippen molar-refractivity contribution >= 4 is 22.4 Å². The molecule has 0 saturated heterocycles. The van der Waals surface area contributed by atoms with Crippen molar-refractivity contribution in [3.63, 3.8) is 0 Å². The van der Waals surface area contributed by atoms with Crippen LogP contribution in [0, 0.1) is 5.82 Å². The predicted molar refractivity (Wildman–Crippen MR) is 81.9 cm³/mol. The second-order valence-corrected chi connectivity index (χ2v) is 4.87. The van der Waals surface area contributed by atoms with Gasteiger partial charge in [0.05, 0.1) is 11.4 Å². The molecule has 0 atom stereocenters. The van der Waals surface area contributed by atoms with Crippen molar-refractivity contribution in [3.8, 4) is 0 Å². The average Bonchev–Trinajstić information content (AvgIpc) is 2.53. The van der Waals surface area contributed by atoms with Crippen molar-refractivity contribution in [1.29, 1.82) is 0 Å². The van der Waals surface area contributed by atoms with Crippen molar-refractivity contribution in [3.05, 3.63) is 63.2 Å². The van der Waals surface area contributed by atoms with Gasteiger partial charge in [-0.1, -0.05) is 12.1 Å². The highest BCUT2D eigenvalue weighted by Crippen LogP contribution is 2.23. The van der Waals surface area contributed by atoms with Gasteiger partial charge < -0.3 is 5.32 Å². The molecule has 1 N–H and O–H groups in total. The molecule has 22 heavy (non-hydrogen) atoms. The molecule has 7 heteroatoms. The van der Waals surface area contributed by atoms with Gasteiger partial charge in [-0.25, -0.2) is 14.2 Å². The molecule has 0 saturated carbocycles. The van der Waals surface area contributed by atoms with Crippen molar-refractivity contribution in [1.82, 2.24) is 14.1 Å². The van der Waals surface area contributed by atoms with E-state index >= 15 is 0 Å². The topological polar surface area (TPSA) is 68.9 Å². The molecule has 0 fully saturated rings. The first-order chi connectivity index (χ1) is 10.5. The van der Waals surface area contributed by atoms with Gasteiger partial charge in [0.25, 0.3) is 5.56 Å². The molecule has 0 amide bonds. The Hall–Kier alpha value is -2.96. The Morgan fingerprint density at radius 2 is 1.77 bits per heavy atom. The number of anilines is 2. The first-order valence-corrected chi connectivity index (χ1v) is 6.57. The Morgan fingerprint density at radius 1 is 1.05 bits per heavy atom. The van der Waals surface area contributed by atoms with Crippen molar-refractivity contribution in [2.45, 2.75) is 0 Å². The smallest absolute Gasteiger partial charge is 0.332 e. The summed E-state index contributed by atoms with van der Waals surface area (Å²) in [4.78, 5) is 28.4. The monoisotopic (exact) mass is 300 g/mol. The highest BCUT2D eigenvalue weighted by molar-refractivity contribution is 5.90. The molecule has 0 bridgehead atoms. The maximum atomic E-state index is 13.8. The second kappa shape index (κ2) is 5.10. The van der Waals surface area contributed by atoms with Crippen LogP contribution in [0.1, 0.15) is 0 Å². The molecule has 112 valence electrons. The highest BCUT2D eigenvalue weighted by Gasteiger charge is 2.14. The quantitative estimate of drug-likeness (QED) is 0.779. The van der Waals surface area contributed by atoms with Crippen LogP contribution in [0.15, 0.2) is 46.1 Å². The molecule has 0 aliphatic rings. The van der Waals surface area contributed by atoms with Gasteiger partial charge in [-0.05, 0) is 18.2 Å². The summed E-state index contributed by atoms with van der Waals surface area (Å²) in [5, 5.41) is 3.12. The van der Waals surface area contributed by atoms with Gasteiger partial charge in [0.15, 0.2) is 5.65 Å². The number of fused-ring (bicyclic) bond motifs is 1. The van der Waals surface area contributed by atoms with Gasteiger partial charge in [0.1, 0.15) is 11.2 Å². The number of aromatic nitrogens is 3. The summed E-state index contributed by atoms with van der Waals surface area (Å²) in [6.45, 7) is 0. The lowest BCUT2D eigenvalue weighted by molar-refractivity contribution is 0.632. The van der Waals surface area contributed by atoms with Crippen LogP contribution in [-0.4, -0.2) is 14.1 Å². The lowest BCUT2D eigenvalue weighted by Crippen LogP contribution is -2.37. The van der Waals surface area contributed by atoms with E-state index in [-0.39, 0.29) is 16.7 Å². The molecule has 0 aliphatic heterocycles. The average molecular weight is 300 g/mol. The summed E-state index contributed by atoms with van der Waals surface area (Å²) in [5.74, 6) is -0.436. The van der Waals surface area contributed by atoms with E-state index in [2.05, 4.69) is 10.3 Å². The van der Waals surface area contributed by atoms with E-state index in [1.165, 1.54) is 30.9 Å². The third-order valence-electron chi connectivity index (χ3n) is 3.48. The van der Waals surface area contributed by atoms with Crippen molar-refractivity contribution < 1.29 is 4.39 Å². The van der Waals surface area contributed by atoms with Crippen LogP contribution >= 0.6 is 0 Å². The molecule has 2 heterocycles. The van der Waals surface area contributed by atoms with E-state index in [4.69, 9.17) is 0 Å². The minimum atomic E-state index is -0.481. The van der Waals surface area contributed by atoms with Crippen LogP contribution in [0.2, 0.25) is 0 Å². The summed E-state index contributed by atoms with van der Waals surface area (Å²) < 4.78 is 16.1. The van der Waals surface area contributed by atoms with E-state index < -0.39 is 17.1 Å². The van der Waals surface area contributed by atoms with Crippen LogP contribution in [0.5, 0.6) is 0 Å².